The molecule has 0 spiro atoms. The third-order valence-corrected chi connectivity index (χ3v) is 6.78. The molecule has 2 aliphatic rings. The van der Waals surface area contributed by atoms with Crippen LogP contribution in [0.5, 0.6) is 5.75 Å². The summed E-state index contributed by atoms with van der Waals surface area (Å²) in [7, 11) is 0. The van der Waals surface area contributed by atoms with Crippen LogP contribution >= 0.6 is 0 Å². The molecule has 4 nitrogen and oxygen atoms in total. The smallest absolute Gasteiger partial charge is 0.163 e. The number of Topliss-reactive ketones (excluding diaryl/α,β-unsaturated/α-hetero) is 1. The normalized spacial score (nSPS) is 20.4. The van der Waals surface area contributed by atoms with Crippen molar-refractivity contribution in [2.75, 3.05) is 10.6 Å². The van der Waals surface area contributed by atoms with E-state index in [0.717, 1.165) is 45.9 Å². The van der Waals surface area contributed by atoms with Crippen molar-refractivity contribution < 1.29 is 13.9 Å². The lowest BCUT2D eigenvalue weighted by Gasteiger charge is -2.31. The fraction of sp³-hybridized carbons (Fsp3) is 0.276. The summed E-state index contributed by atoms with van der Waals surface area (Å²) in [5.74, 6) is 0.604. The standard InChI is InChI=1S/C29H29FN2O2/c1-3-18(2)34-27-11-7-4-8-22(27)29-28-25(31-23-9-5-6-10-24(23)32-29)16-20(17-26(28)33)19-12-14-21(30)15-13-19/h4-15,18,20,29,31-32H,3,16-17H2,1-2H3. The SMILES string of the molecule is CCC(C)Oc1ccccc1C1Nc2ccccc2NC2=C1C(=O)CC(c1ccc(F)cc1)C2. The molecule has 0 aromatic heterocycles. The van der Waals surface area contributed by atoms with Crippen molar-refractivity contribution >= 4 is 17.2 Å². The number of carbonyl (C=O) groups is 1. The van der Waals surface area contributed by atoms with Crippen LogP contribution < -0.4 is 15.4 Å². The predicted molar refractivity (Wildman–Crippen MR) is 134 cm³/mol. The van der Waals surface area contributed by atoms with E-state index >= 15 is 0 Å². The van der Waals surface area contributed by atoms with Crippen LogP contribution in [0.25, 0.3) is 0 Å². The maximum Gasteiger partial charge on any atom is 0.163 e. The number of fused-ring (bicyclic) bond motifs is 1. The number of ether oxygens (including phenoxy) is 1. The summed E-state index contributed by atoms with van der Waals surface area (Å²) >= 11 is 0. The van der Waals surface area contributed by atoms with Crippen LogP contribution in [0.15, 0.2) is 84.1 Å². The second-order valence-corrected chi connectivity index (χ2v) is 9.09. The largest absolute Gasteiger partial charge is 0.490 e. The van der Waals surface area contributed by atoms with Crippen LogP contribution in [0.4, 0.5) is 15.8 Å². The van der Waals surface area contributed by atoms with Crippen molar-refractivity contribution in [3.8, 4) is 5.75 Å². The average molecular weight is 457 g/mol. The van der Waals surface area contributed by atoms with E-state index in [0.29, 0.717) is 12.8 Å². The van der Waals surface area contributed by atoms with Gasteiger partial charge in [-0.2, -0.15) is 0 Å². The van der Waals surface area contributed by atoms with Gasteiger partial charge < -0.3 is 15.4 Å². The molecule has 0 amide bonds. The van der Waals surface area contributed by atoms with Gasteiger partial charge in [-0.3, -0.25) is 4.79 Å². The van der Waals surface area contributed by atoms with Crippen molar-refractivity contribution in [3.63, 3.8) is 0 Å². The number of ketones is 1. The number of hydrogen-bond donors (Lipinski definition) is 2. The molecule has 1 heterocycles. The Labute approximate surface area is 199 Å². The summed E-state index contributed by atoms with van der Waals surface area (Å²) in [6, 6.07) is 22.1. The van der Waals surface area contributed by atoms with Crippen LogP contribution in [0.3, 0.4) is 0 Å². The van der Waals surface area contributed by atoms with E-state index in [-0.39, 0.29) is 29.7 Å². The highest BCUT2D eigenvalue weighted by Crippen LogP contribution is 2.45. The van der Waals surface area contributed by atoms with Gasteiger partial charge in [-0.05, 0) is 61.6 Å². The lowest BCUT2D eigenvalue weighted by atomic mass is 9.78. The second kappa shape index (κ2) is 9.34. The number of carbonyl (C=O) groups excluding carboxylic acids is 1. The Morgan fingerprint density at radius 3 is 2.44 bits per heavy atom. The van der Waals surface area contributed by atoms with Gasteiger partial charge in [-0.25, -0.2) is 4.39 Å². The van der Waals surface area contributed by atoms with Gasteiger partial charge >= 0.3 is 0 Å². The lowest BCUT2D eigenvalue weighted by Crippen LogP contribution is -2.27. The van der Waals surface area contributed by atoms with Gasteiger partial charge in [0.05, 0.1) is 23.5 Å². The quantitative estimate of drug-likeness (QED) is 0.435. The molecule has 5 rings (SSSR count). The van der Waals surface area contributed by atoms with Crippen molar-refractivity contribution in [2.45, 2.75) is 51.2 Å². The van der Waals surface area contributed by atoms with E-state index < -0.39 is 0 Å². The maximum atomic E-state index is 13.7. The van der Waals surface area contributed by atoms with E-state index in [1.165, 1.54) is 12.1 Å². The van der Waals surface area contributed by atoms with E-state index in [9.17, 15) is 9.18 Å². The number of allylic oxidation sites excluding steroid dienone is 1. The van der Waals surface area contributed by atoms with Gasteiger partial charge in [0.2, 0.25) is 0 Å². The predicted octanol–water partition coefficient (Wildman–Crippen LogP) is 6.98. The van der Waals surface area contributed by atoms with Crippen molar-refractivity contribution in [2.24, 2.45) is 0 Å². The zero-order valence-electron chi connectivity index (χ0n) is 19.5. The molecule has 0 fully saturated rings. The van der Waals surface area contributed by atoms with Gasteiger partial charge in [0, 0.05) is 23.3 Å². The van der Waals surface area contributed by atoms with Gasteiger partial charge in [0.15, 0.2) is 5.78 Å². The number of halogens is 1. The van der Waals surface area contributed by atoms with Gasteiger partial charge in [0.25, 0.3) is 0 Å². The third kappa shape index (κ3) is 4.30. The number of nitrogens with one attached hydrogen (secondary N) is 2. The van der Waals surface area contributed by atoms with Crippen LogP contribution in [-0.4, -0.2) is 11.9 Å². The lowest BCUT2D eigenvalue weighted by molar-refractivity contribution is -0.116. The molecule has 5 heteroatoms. The number of anilines is 2. The second-order valence-electron chi connectivity index (χ2n) is 9.09. The minimum Gasteiger partial charge on any atom is -0.490 e. The molecule has 174 valence electrons. The number of rotatable bonds is 5. The molecule has 3 aromatic rings. The Morgan fingerprint density at radius 2 is 1.68 bits per heavy atom. The minimum absolute atomic E-state index is 0.00290. The zero-order chi connectivity index (χ0) is 23.7. The molecule has 0 saturated carbocycles. The Kier molecular flexibility index (Phi) is 6.10. The molecule has 0 bridgehead atoms. The molecule has 0 saturated heterocycles. The highest BCUT2D eigenvalue weighted by molar-refractivity contribution is 6.01. The van der Waals surface area contributed by atoms with Crippen LogP contribution in [0, 0.1) is 5.82 Å². The first-order valence-electron chi connectivity index (χ1n) is 11.9. The maximum absolute atomic E-state index is 13.7. The van der Waals surface area contributed by atoms with E-state index in [1.54, 1.807) is 12.1 Å². The van der Waals surface area contributed by atoms with Crippen LogP contribution in [0.2, 0.25) is 0 Å². The number of hydrogen-bond acceptors (Lipinski definition) is 4. The Bertz CT molecular complexity index is 1230. The minimum atomic E-state index is -0.340. The summed E-state index contributed by atoms with van der Waals surface area (Å²) in [4.78, 5) is 13.7. The molecular weight excluding hydrogens is 427 g/mol. The molecule has 1 aliphatic carbocycles. The highest BCUT2D eigenvalue weighted by atomic mass is 19.1. The highest BCUT2D eigenvalue weighted by Gasteiger charge is 2.37. The number of benzene rings is 3. The summed E-state index contributed by atoms with van der Waals surface area (Å²) in [5, 5.41) is 7.18. The Balaban J connectivity index is 1.60. The zero-order valence-corrected chi connectivity index (χ0v) is 19.5. The monoisotopic (exact) mass is 456 g/mol. The summed E-state index contributed by atoms with van der Waals surface area (Å²) in [6.45, 7) is 4.15. The van der Waals surface area contributed by atoms with Gasteiger partial charge in [-0.15, -0.1) is 0 Å². The van der Waals surface area contributed by atoms with Crippen LogP contribution in [-0.2, 0) is 4.79 Å². The molecular formula is C29H29FN2O2. The van der Waals surface area contributed by atoms with Crippen molar-refractivity contribution in [1.82, 2.24) is 0 Å². The molecule has 3 aromatic carbocycles. The fourth-order valence-corrected chi connectivity index (χ4v) is 4.82. The van der Waals surface area contributed by atoms with Gasteiger partial charge in [0.1, 0.15) is 11.6 Å². The Hall–Kier alpha value is -3.60. The van der Waals surface area contributed by atoms with E-state index in [4.69, 9.17) is 4.74 Å². The summed E-state index contributed by atoms with van der Waals surface area (Å²) in [5.41, 5.74) is 5.45. The summed E-state index contributed by atoms with van der Waals surface area (Å²) in [6.07, 6.45) is 2.02. The topological polar surface area (TPSA) is 50.4 Å². The van der Waals surface area contributed by atoms with Crippen molar-refractivity contribution in [1.29, 1.82) is 0 Å². The van der Waals surface area contributed by atoms with E-state index in [2.05, 4.69) is 24.5 Å². The first-order chi connectivity index (χ1) is 16.5. The average Bonchev–Trinajstić information content (AvgIpc) is 3.01. The number of para-hydroxylation sites is 3. The molecule has 1 aliphatic heterocycles. The molecule has 2 N–H and O–H groups in total. The molecule has 3 atom stereocenters. The molecule has 3 unspecified atom stereocenters. The van der Waals surface area contributed by atoms with E-state index in [1.807, 2.05) is 48.5 Å². The first kappa shape index (κ1) is 22.2. The summed E-state index contributed by atoms with van der Waals surface area (Å²) < 4.78 is 19.8. The fourth-order valence-electron chi connectivity index (χ4n) is 4.82. The Morgan fingerprint density at radius 1 is 0.971 bits per heavy atom. The third-order valence-electron chi connectivity index (χ3n) is 6.78. The van der Waals surface area contributed by atoms with Crippen LogP contribution in [0.1, 0.15) is 56.2 Å². The van der Waals surface area contributed by atoms with Gasteiger partial charge in [-0.1, -0.05) is 49.4 Å². The molecule has 0 radical (unpaired) electrons. The van der Waals surface area contributed by atoms with Crippen molar-refractivity contribution in [3.05, 3.63) is 101 Å². The molecule has 34 heavy (non-hydrogen) atoms. The first-order valence-corrected chi connectivity index (χ1v) is 11.9.